The third-order valence-corrected chi connectivity index (χ3v) is 3.24. The van der Waals surface area contributed by atoms with E-state index in [9.17, 15) is 34.6 Å². The van der Waals surface area contributed by atoms with Crippen molar-refractivity contribution in [3.63, 3.8) is 0 Å². The fourth-order valence-corrected chi connectivity index (χ4v) is 1.75. The van der Waals surface area contributed by atoms with Crippen molar-refractivity contribution in [1.29, 1.82) is 0 Å². The van der Waals surface area contributed by atoms with Gasteiger partial charge < -0.3 is 8.74 Å². The van der Waals surface area contributed by atoms with Gasteiger partial charge in [0.05, 0.1) is 0 Å². The number of rotatable bonds is 4. The summed E-state index contributed by atoms with van der Waals surface area (Å²) in [5.41, 5.74) is -5.40. The summed E-state index contributed by atoms with van der Waals surface area (Å²) >= 11 is 0. The first-order valence-electron chi connectivity index (χ1n) is 4.65. The third-order valence-electron chi connectivity index (χ3n) is 1.80. The molecule has 11 heteroatoms. The number of hydrogen-bond acceptors (Lipinski definition) is 6. The van der Waals surface area contributed by atoms with Gasteiger partial charge in [-0.05, 0) is 23.8 Å². The van der Waals surface area contributed by atoms with E-state index in [2.05, 4.69) is 4.18 Å². The van der Waals surface area contributed by atoms with Crippen LogP contribution in [0.15, 0.2) is 29.7 Å². The Morgan fingerprint density at radius 2 is 1.55 bits per heavy atom. The average molecular weight is 331 g/mol. The minimum Gasteiger partial charge on any atom is -0.744 e. The van der Waals surface area contributed by atoms with Crippen LogP contribution >= 0.6 is 0 Å². The quantitative estimate of drug-likeness (QED) is 0.470. The molecule has 0 atom stereocenters. The molecule has 0 radical (unpaired) electrons. The van der Waals surface area contributed by atoms with Gasteiger partial charge in [0.15, 0.2) is 0 Å². The Balaban J connectivity index is 2.91. The Morgan fingerprint density at radius 3 is 1.95 bits per heavy atom. The maximum Gasteiger partial charge on any atom is 0.534 e. The van der Waals surface area contributed by atoms with Crippen molar-refractivity contribution in [2.24, 2.45) is 0 Å². The normalized spacial score (nSPS) is 13.6. The lowest BCUT2D eigenvalue weighted by atomic mass is 10.2. The number of alkyl halides is 3. The van der Waals surface area contributed by atoms with E-state index in [1.807, 2.05) is 0 Å². The minimum absolute atomic E-state index is 0.154. The molecule has 0 saturated heterocycles. The van der Waals surface area contributed by atoms with Gasteiger partial charge in [-0.1, -0.05) is 12.1 Å². The van der Waals surface area contributed by atoms with E-state index in [0.717, 1.165) is 30.3 Å². The zero-order valence-electron chi connectivity index (χ0n) is 9.36. The smallest absolute Gasteiger partial charge is 0.534 e. The molecule has 1 aromatic carbocycles. The molecule has 0 aliphatic heterocycles. The van der Waals surface area contributed by atoms with Gasteiger partial charge in [-0.3, -0.25) is 0 Å². The van der Waals surface area contributed by atoms with Crippen molar-refractivity contribution < 1.29 is 38.7 Å². The molecule has 0 fully saturated rings. The second kappa shape index (κ2) is 5.42. The summed E-state index contributed by atoms with van der Waals surface area (Å²) in [6.45, 7) is 0. The standard InChI is InChI=1S/C9H7F3O6S2/c10-9(11,12)20(16,17)18-8-3-1-7(2-4-8)5-6-19(13,14)15/h1-6H,(H,13,14,15)/p-1/b6-5+. The number of hydrogen-bond donors (Lipinski definition) is 0. The first-order valence-corrected chi connectivity index (χ1v) is 7.53. The fourth-order valence-electron chi connectivity index (χ4n) is 0.970. The zero-order chi connectivity index (χ0) is 15.6. The van der Waals surface area contributed by atoms with Crippen molar-refractivity contribution in [3.8, 4) is 5.75 Å². The van der Waals surface area contributed by atoms with Crippen LogP contribution in [-0.4, -0.2) is 26.9 Å². The van der Waals surface area contributed by atoms with E-state index in [4.69, 9.17) is 0 Å². The molecule has 0 amide bonds. The van der Waals surface area contributed by atoms with E-state index in [0.29, 0.717) is 5.41 Å². The Labute approximate surface area is 112 Å². The van der Waals surface area contributed by atoms with Crippen LogP contribution in [-0.2, 0) is 20.2 Å². The maximum absolute atomic E-state index is 12.0. The van der Waals surface area contributed by atoms with Crippen molar-refractivity contribution in [3.05, 3.63) is 35.2 Å². The Hall–Kier alpha value is -1.59. The SMILES string of the molecule is O=S(=O)([O-])/C=C/c1ccc(OS(=O)(=O)C(F)(F)F)cc1. The van der Waals surface area contributed by atoms with E-state index >= 15 is 0 Å². The van der Waals surface area contributed by atoms with Crippen LogP contribution in [0.2, 0.25) is 0 Å². The van der Waals surface area contributed by atoms with Gasteiger partial charge in [0, 0.05) is 5.41 Å². The highest BCUT2D eigenvalue weighted by atomic mass is 32.2. The molecule has 0 saturated carbocycles. The van der Waals surface area contributed by atoms with Gasteiger partial charge in [-0.25, -0.2) is 8.42 Å². The number of halogens is 3. The summed E-state index contributed by atoms with van der Waals surface area (Å²) in [6, 6.07) is 3.90. The van der Waals surface area contributed by atoms with Crippen molar-refractivity contribution in [2.45, 2.75) is 5.51 Å². The van der Waals surface area contributed by atoms with E-state index in [1.165, 1.54) is 0 Å². The predicted octanol–water partition coefficient (Wildman–Crippen LogP) is 1.43. The summed E-state index contributed by atoms with van der Waals surface area (Å²) in [6.07, 6.45) is 0.893. The second-order valence-corrected chi connectivity index (χ2v) is 6.14. The molecular weight excluding hydrogens is 325 g/mol. The molecule has 0 unspecified atom stereocenters. The van der Waals surface area contributed by atoms with Gasteiger partial charge in [0.25, 0.3) is 0 Å². The summed E-state index contributed by atoms with van der Waals surface area (Å²) in [7, 11) is -10.4. The Kier molecular flexibility index (Phi) is 4.46. The maximum atomic E-state index is 12.0. The first kappa shape index (κ1) is 16.5. The zero-order valence-corrected chi connectivity index (χ0v) is 11.0. The molecule has 0 N–H and O–H groups in total. The Bertz CT molecular complexity index is 701. The molecule has 0 bridgehead atoms. The topological polar surface area (TPSA) is 101 Å². The molecule has 0 heterocycles. The lowest BCUT2D eigenvalue weighted by Gasteiger charge is -2.09. The van der Waals surface area contributed by atoms with Crippen LogP contribution in [0.25, 0.3) is 6.08 Å². The van der Waals surface area contributed by atoms with Crippen LogP contribution in [0.1, 0.15) is 5.56 Å². The predicted molar refractivity (Wildman–Crippen MR) is 60.8 cm³/mol. The van der Waals surface area contributed by atoms with Crippen LogP contribution in [0.3, 0.4) is 0 Å². The molecule has 6 nitrogen and oxygen atoms in total. The lowest BCUT2D eigenvalue weighted by molar-refractivity contribution is -0.0500. The van der Waals surface area contributed by atoms with Crippen molar-refractivity contribution >= 4 is 26.3 Å². The molecule has 0 aromatic heterocycles. The van der Waals surface area contributed by atoms with Gasteiger partial charge in [-0.2, -0.15) is 21.6 Å². The molecule has 0 spiro atoms. The third kappa shape index (κ3) is 4.83. The van der Waals surface area contributed by atoms with E-state index < -0.39 is 31.5 Å². The molecule has 0 aliphatic rings. The molecule has 112 valence electrons. The van der Waals surface area contributed by atoms with Gasteiger partial charge in [-0.15, -0.1) is 0 Å². The van der Waals surface area contributed by atoms with Crippen LogP contribution in [0.4, 0.5) is 13.2 Å². The van der Waals surface area contributed by atoms with Crippen molar-refractivity contribution in [2.75, 3.05) is 0 Å². The fraction of sp³-hybridized carbons (Fsp3) is 0.111. The highest BCUT2D eigenvalue weighted by Crippen LogP contribution is 2.27. The summed E-state index contributed by atoms with van der Waals surface area (Å²) in [5, 5.41) is 0.343. The number of benzene rings is 1. The average Bonchev–Trinajstić information content (AvgIpc) is 2.25. The highest BCUT2D eigenvalue weighted by Gasteiger charge is 2.48. The lowest BCUT2D eigenvalue weighted by Crippen LogP contribution is -2.28. The van der Waals surface area contributed by atoms with Crippen LogP contribution in [0, 0.1) is 0 Å². The molecule has 1 aromatic rings. The highest BCUT2D eigenvalue weighted by molar-refractivity contribution is 7.88. The van der Waals surface area contributed by atoms with Gasteiger partial charge >= 0.3 is 15.6 Å². The molecule has 0 aliphatic carbocycles. The summed E-state index contributed by atoms with van der Waals surface area (Å²) in [4.78, 5) is 0. The minimum atomic E-state index is -5.76. The molecule has 20 heavy (non-hydrogen) atoms. The van der Waals surface area contributed by atoms with Gasteiger partial charge in [0.2, 0.25) is 0 Å². The monoisotopic (exact) mass is 331 g/mol. The largest absolute Gasteiger partial charge is 0.744 e. The molecular formula is C9H6F3O6S2-. The Morgan fingerprint density at radius 1 is 1.05 bits per heavy atom. The van der Waals surface area contributed by atoms with E-state index in [-0.39, 0.29) is 5.56 Å². The van der Waals surface area contributed by atoms with E-state index in [1.54, 1.807) is 0 Å². The van der Waals surface area contributed by atoms with Crippen LogP contribution < -0.4 is 4.18 Å². The summed E-state index contributed by atoms with van der Waals surface area (Å²) < 4.78 is 92.1. The molecule has 1 rings (SSSR count). The first-order chi connectivity index (χ1) is 8.91. The van der Waals surface area contributed by atoms with Crippen LogP contribution in [0.5, 0.6) is 5.75 Å². The summed E-state index contributed by atoms with van der Waals surface area (Å²) in [5.74, 6) is -0.607. The second-order valence-electron chi connectivity index (χ2n) is 3.35. The van der Waals surface area contributed by atoms with Crippen molar-refractivity contribution in [1.82, 2.24) is 0 Å². The van der Waals surface area contributed by atoms with Gasteiger partial charge in [0.1, 0.15) is 15.9 Å².